The SMILES string of the molecule is CC(=O)NCc1ccc(C(=O)NC(C)CCc2ccc(Br)cc2)s1. The molecule has 0 fully saturated rings. The molecular formula is C18H21BrN2O2S. The predicted octanol–water partition coefficient (Wildman–Crippen LogP) is 3.90. The molecule has 0 bridgehead atoms. The van der Waals surface area contributed by atoms with E-state index in [4.69, 9.17) is 0 Å². The van der Waals surface area contributed by atoms with E-state index in [2.05, 4.69) is 38.7 Å². The number of benzene rings is 1. The Balaban J connectivity index is 1.80. The van der Waals surface area contributed by atoms with Gasteiger partial charge in [-0.1, -0.05) is 28.1 Å². The molecule has 2 rings (SSSR count). The Morgan fingerprint density at radius 1 is 1.17 bits per heavy atom. The van der Waals surface area contributed by atoms with Gasteiger partial charge in [-0.25, -0.2) is 0 Å². The lowest BCUT2D eigenvalue weighted by Gasteiger charge is -2.13. The van der Waals surface area contributed by atoms with Crippen LogP contribution in [0.3, 0.4) is 0 Å². The van der Waals surface area contributed by atoms with Crippen LogP contribution in [0.5, 0.6) is 0 Å². The summed E-state index contributed by atoms with van der Waals surface area (Å²) >= 11 is 4.84. The molecule has 1 aromatic heterocycles. The first-order valence-corrected chi connectivity index (χ1v) is 9.43. The van der Waals surface area contributed by atoms with Crippen LogP contribution in [-0.4, -0.2) is 17.9 Å². The van der Waals surface area contributed by atoms with E-state index < -0.39 is 0 Å². The van der Waals surface area contributed by atoms with Gasteiger partial charge in [-0.05, 0) is 49.6 Å². The lowest BCUT2D eigenvalue weighted by atomic mass is 10.1. The molecular weight excluding hydrogens is 388 g/mol. The number of carbonyl (C=O) groups is 2. The van der Waals surface area contributed by atoms with E-state index in [0.29, 0.717) is 11.4 Å². The minimum Gasteiger partial charge on any atom is -0.351 e. The van der Waals surface area contributed by atoms with Gasteiger partial charge >= 0.3 is 0 Å². The molecule has 0 saturated heterocycles. The van der Waals surface area contributed by atoms with E-state index in [1.807, 2.05) is 25.1 Å². The van der Waals surface area contributed by atoms with Crippen LogP contribution in [0.1, 0.15) is 40.4 Å². The Kier molecular flexibility index (Phi) is 6.99. The van der Waals surface area contributed by atoms with Gasteiger partial charge in [0.2, 0.25) is 5.91 Å². The summed E-state index contributed by atoms with van der Waals surface area (Å²) in [5.74, 6) is -0.131. The summed E-state index contributed by atoms with van der Waals surface area (Å²) in [4.78, 5) is 24.8. The standard InChI is InChI=1S/C18H21BrN2O2S/c1-12(3-4-14-5-7-15(19)8-6-14)21-18(23)17-10-9-16(24-17)11-20-13(2)22/h5-10,12H,3-4,11H2,1-2H3,(H,20,22)(H,21,23). The maximum Gasteiger partial charge on any atom is 0.261 e. The summed E-state index contributed by atoms with van der Waals surface area (Å²) in [7, 11) is 0. The van der Waals surface area contributed by atoms with Crippen LogP contribution in [-0.2, 0) is 17.8 Å². The zero-order valence-corrected chi connectivity index (χ0v) is 16.2. The molecule has 128 valence electrons. The number of halogens is 1. The fraction of sp³-hybridized carbons (Fsp3) is 0.333. The number of aryl methyl sites for hydroxylation is 1. The number of hydrogen-bond acceptors (Lipinski definition) is 3. The normalized spacial score (nSPS) is 11.8. The van der Waals surface area contributed by atoms with Crippen molar-refractivity contribution in [1.29, 1.82) is 0 Å². The Labute approximate surface area is 154 Å². The van der Waals surface area contributed by atoms with Crippen molar-refractivity contribution < 1.29 is 9.59 Å². The van der Waals surface area contributed by atoms with E-state index in [9.17, 15) is 9.59 Å². The number of nitrogens with one attached hydrogen (secondary N) is 2. The van der Waals surface area contributed by atoms with Gasteiger partial charge in [-0.2, -0.15) is 0 Å². The maximum absolute atomic E-state index is 12.3. The van der Waals surface area contributed by atoms with Crippen molar-refractivity contribution in [3.63, 3.8) is 0 Å². The fourth-order valence-electron chi connectivity index (χ4n) is 2.21. The third kappa shape index (κ3) is 6.09. The Bertz CT molecular complexity index is 697. The number of amides is 2. The van der Waals surface area contributed by atoms with E-state index in [0.717, 1.165) is 22.2 Å². The van der Waals surface area contributed by atoms with Gasteiger partial charge in [-0.15, -0.1) is 11.3 Å². The lowest BCUT2D eigenvalue weighted by molar-refractivity contribution is -0.119. The molecule has 1 heterocycles. The molecule has 1 unspecified atom stereocenters. The van der Waals surface area contributed by atoms with Crippen molar-refractivity contribution >= 4 is 39.1 Å². The summed E-state index contributed by atoms with van der Waals surface area (Å²) in [6.07, 6.45) is 1.81. The highest BCUT2D eigenvalue weighted by Gasteiger charge is 2.12. The highest BCUT2D eigenvalue weighted by Crippen LogP contribution is 2.17. The topological polar surface area (TPSA) is 58.2 Å². The quantitative estimate of drug-likeness (QED) is 0.729. The molecule has 0 aliphatic carbocycles. The van der Waals surface area contributed by atoms with E-state index in [1.165, 1.54) is 23.8 Å². The summed E-state index contributed by atoms with van der Waals surface area (Å²) in [5, 5.41) is 5.76. The Hall–Kier alpha value is -1.66. The Morgan fingerprint density at radius 3 is 2.54 bits per heavy atom. The van der Waals surface area contributed by atoms with Crippen LogP contribution in [0.4, 0.5) is 0 Å². The highest BCUT2D eigenvalue weighted by atomic mass is 79.9. The molecule has 2 aromatic rings. The van der Waals surface area contributed by atoms with Gasteiger partial charge in [-0.3, -0.25) is 9.59 Å². The largest absolute Gasteiger partial charge is 0.351 e. The van der Waals surface area contributed by atoms with Crippen LogP contribution in [0.25, 0.3) is 0 Å². The zero-order chi connectivity index (χ0) is 17.5. The molecule has 0 radical (unpaired) electrons. The van der Waals surface area contributed by atoms with Crippen LogP contribution >= 0.6 is 27.3 Å². The van der Waals surface area contributed by atoms with Crippen LogP contribution < -0.4 is 10.6 Å². The second-order valence-corrected chi connectivity index (χ2v) is 7.80. The average molecular weight is 409 g/mol. The molecule has 24 heavy (non-hydrogen) atoms. The highest BCUT2D eigenvalue weighted by molar-refractivity contribution is 9.10. The van der Waals surface area contributed by atoms with Gasteiger partial charge in [0.25, 0.3) is 5.91 Å². The van der Waals surface area contributed by atoms with Crippen LogP contribution in [0, 0.1) is 0 Å². The summed E-state index contributed by atoms with van der Waals surface area (Å²) in [5.41, 5.74) is 1.26. The monoisotopic (exact) mass is 408 g/mol. The molecule has 0 aliphatic heterocycles. The molecule has 0 saturated carbocycles. The second-order valence-electron chi connectivity index (χ2n) is 5.72. The molecule has 4 nitrogen and oxygen atoms in total. The van der Waals surface area contributed by atoms with Crippen molar-refractivity contribution in [1.82, 2.24) is 10.6 Å². The van der Waals surface area contributed by atoms with Crippen LogP contribution in [0.15, 0.2) is 40.9 Å². The van der Waals surface area contributed by atoms with Gasteiger partial charge < -0.3 is 10.6 Å². The lowest BCUT2D eigenvalue weighted by Crippen LogP contribution is -2.32. The smallest absolute Gasteiger partial charge is 0.261 e. The second kappa shape index (κ2) is 8.99. The van der Waals surface area contributed by atoms with Gasteiger partial charge in [0, 0.05) is 22.3 Å². The third-order valence-corrected chi connectivity index (χ3v) is 5.17. The summed E-state index contributed by atoms with van der Waals surface area (Å²) in [6, 6.07) is 12.0. The van der Waals surface area contributed by atoms with Crippen molar-refractivity contribution in [2.45, 2.75) is 39.3 Å². The molecule has 1 atom stereocenters. The predicted molar refractivity (Wildman–Crippen MR) is 101 cm³/mol. The van der Waals surface area contributed by atoms with Crippen molar-refractivity contribution in [2.75, 3.05) is 0 Å². The molecule has 6 heteroatoms. The first-order valence-electron chi connectivity index (χ1n) is 7.82. The molecule has 1 aromatic carbocycles. The van der Waals surface area contributed by atoms with Crippen LogP contribution in [0.2, 0.25) is 0 Å². The van der Waals surface area contributed by atoms with Gasteiger partial charge in [0.15, 0.2) is 0 Å². The average Bonchev–Trinajstić information content (AvgIpc) is 3.01. The molecule has 0 aliphatic rings. The van der Waals surface area contributed by atoms with E-state index in [1.54, 1.807) is 6.07 Å². The number of thiophene rings is 1. The first kappa shape index (κ1) is 18.7. The molecule has 2 N–H and O–H groups in total. The minimum atomic E-state index is -0.0732. The maximum atomic E-state index is 12.3. The Morgan fingerprint density at radius 2 is 1.88 bits per heavy atom. The zero-order valence-electron chi connectivity index (χ0n) is 13.8. The first-order chi connectivity index (χ1) is 11.4. The van der Waals surface area contributed by atoms with Crippen molar-refractivity contribution in [2.24, 2.45) is 0 Å². The van der Waals surface area contributed by atoms with Gasteiger partial charge in [0.05, 0.1) is 11.4 Å². The van der Waals surface area contributed by atoms with Gasteiger partial charge in [0.1, 0.15) is 0 Å². The molecule has 2 amide bonds. The third-order valence-electron chi connectivity index (χ3n) is 3.55. The summed E-state index contributed by atoms with van der Waals surface area (Å²) < 4.78 is 1.07. The minimum absolute atomic E-state index is 0.0580. The van der Waals surface area contributed by atoms with E-state index in [-0.39, 0.29) is 17.9 Å². The number of carbonyl (C=O) groups excluding carboxylic acids is 2. The van der Waals surface area contributed by atoms with Crippen molar-refractivity contribution in [3.8, 4) is 0 Å². The summed E-state index contributed by atoms with van der Waals surface area (Å²) in [6.45, 7) is 3.96. The van der Waals surface area contributed by atoms with Crippen molar-refractivity contribution in [3.05, 3.63) is 56.2 Å². The number of hydrogen-bond donors (Lipinski definition) is 2. The fourth-order valence-corrected chi connectivity index (χ4v) is 3.32. The van der Waals surface area contributed by atoms with E-state index >= 15 is 0 Å². The molecule has 0 spiro atoms. The number of rotatable bonds is 7.